The fourth-order valence-electron chi connectivity index (χ4n) is 3.29. The Morgan fingerprint density at radius 3 is 2.57 bits per heavy atom. The average Bonchev–Trinajstić information content (AvgIpc) is 3.50. The van der Waals surface area contributed by atoms with Gasteiger partial charge >= 0.3 is 0 Å². The molecule has 0 unspecified atom stereocenters. The van der Waals surface area contributed by atoms with Crippen LogP contribution in [0.3, 0.4) is 0 Å². The maximum absolute atomic E-state index is 12.9. The molecule has 3 aromatic rings. The number of benzene rings is 1. The van der Waals surface area contributed by atoms with E-state index in [1.54, 1.807) is 12.4 Å². The number of anilines is 1. The molecule has 2 heterocycles. The summed E-state index contributed by atoms with van der Waals surface area (Å²) in [7, 11) is 0. The topological polar surface area (TPSA) is 89.8 Å². The minimum atomic E-state index is -0.387. The van der Waals surface area contributed by atoms with Crippen LogP contribution in [0.15, 0.2) is 35.4 Å². The molecule has 1 aliphatic carbocycles. The molecule has 0 saturated heterocycles. The first-order chi connectivity index (χ1) is 13.4. The van der Waals surface area contributed by atoms with Crippen LogP contribution >= 0.6 is 0 Å². The zero-order chi connectivity index (χ0) is 19.8. The molecule has 0 spiro atoms. The summed E-state index contributed by atoms with van der Waals surface area (Å²) in [4.78, 5) is 33.4. The number of aromatic nitrogens is 4. The van der Waals surface area contributed by atoms with E-state index in [0.717, 1.165) is 16.6 Å². The highest BCUT2D eigenvalue weighted by Crippen LogP contribution is 2.41. The van der Waals surface area contributed by atoms with Crippen molar-refractivity contribution < 1.29 is 4.79 Å². The predicted molar refractivity (Wildman–Crippen MR) is 107 cm³/mol. The highest BCUT2D eigenvalue weighted by atomic mass is 16.2. The third kappa shape index (κ3) is 3.65. The van der Waals surface area contributed by atoms with Crippen molar-refractivity contribution in [2.24, 2.45) is 0 Å². The lowest BCUT2D eigenvalue weighted by Gasteiger charge is -2.14. The molecule has 2 aromatic heterocycles. The monoisotopic (exact) mass is 377 g/mol. The van der Waals surface area contributed by atoms with Gasteiger partial charge in [0.15, 0.2) is 0 Å². The fraction of sp³-hybridized carbons (Fsp3) is 0.381. The van der Waals surface area contributed by atoms with Gasteiger partial charge in [-0.25, -0.2) is 14.6 Å². The average molecular weight is 377 g/mol. The van der Waals surface area contributed by atoms with E-state index in [1.165, 1.54) is 23.1 Å². The molecule has 1 fully saturated rings. The standard InChI is InChI=1S/C21H23N5O2/c1-12(2)19-17-8-15(14-4-5-14)6-7-16(17)20(28)26(25-19)11-18(27)24-21-22-9-13(3)10-23-21/h6-10,12,14H,4-5,11H2,1-3H3,(H,22,23,24,27). The van der Waals surface area contributed by atoms with E-state index in [1.807, 2.05) is 32.9 Å². The van der Waals surface area contributed by atoms with E-state index in [2.05, 4.69) is 26.4 Å². The van der Waals surface area contributed by atoms with Gasteiger partial charge < -0.3 is 0 Å². The lowest BCUT2D eigenvalue weighted by molar-refractivity contribution is -0.117. The molecule has 1 aromatic carbocycles. The van der Waals surface area contributed by atoms with Crippen molar-refractivity contribution >= 4 is 22.6 Å². The molecule has 4 rings (SSSR count). The number of rotatable bonds is 5. The second-order valence-corrected chi connectivity index (χ2v) is 7.71. The summed E-state index contributed by atoms with van der Waals surface area (Å²) in [6.07, 6.45) is 5.65. The van der Waals surface area contributed by atoms with Crippen LogP contribution in [-0.2, 0) is 11.3 Å². The van der Waals surface area contributed by atoms with Crippen molar-refractivity contribution in [3.8, 4) is 0 Å². The Morgan fingerprint density at radius 1 is 1.21 bits per heavy atom. The van der Waals surface area contributed by atoms with E-state index in [4.69, 9.17) is 0 Å². The third-order valence-corrected chi connectivity index (χ3v) is 4.93. The summed E-state index contributed by atoms with van der Waals surface area (Å²) in [6, 6.07) is 5.99. The molecule has 0 radical (unpaired) electrons. The number of nitrogens with one attached hydrogen (secondary N) is 1. The minimum absolute atomic E-state index is 0.132. The summed E-state index contributed by atoms with van der Waals surface area (Å²) < 4.78 is 1.23. The van der Waals surface area contributed by atoms with Gasteiger partial charge in [-0.3, -0.25) is 14.9 Å². The van der Waals surface area contributed by atoms with Crippen LogP contribution < -0.4 is 10.9 Å². The van der Waals surface area contributed by atoms with Gasteiger partial charge in [-0.15, -0.1) is 0 Å². The van der Waals surface area contributed by atoms with Gasteiger partial charge in [0.1, 0.15) is 6.54 Å². The molecule has 1 aliphatic rings. The Labute approximate surface area is 162 Å². The van der Waals surface area contributed by atoms with Crippen molar-refractivity contribution in [3.05, 3.63) is 57.8 Å². The number of amides is 1. The number of carbonyl (C=O) groups excluding carboxylic acids is 1. The number of fused-ring (bicyclic) bond motifs is 1. The van der Waals surface area contributed by atoms with Crippen LogP contribution in [0.5, 0.6) is 0 Å². The lowest BCUT2D eigenvalue weighted by Crippen LogP contribution is -2.31. The molecule has 0 aliphatic heterocycles. The summed E-state index contributed by atoms with van der Waals surface area (Å²) in [6.45, 7) is 5.77. The number of nitrogens with zero attached hydrogens (tertiary/aromatic N) is 4. The van der Waals surface area contributed by atoms with Crippen LogP contribution in [-0.4, -0.2) is 25.7 Å². The maximum Gasteiger partial charge on any atom is 0.275 e. The van der Waals surface area contributed by atoms with Crippen molar-refractivity contribution in [2.75, 3.05) is 5.32 Å². The molecule has 1 saturated carbocycles. The van der Waals surface area contributed by atoms with E-state index >= 15 is 0 Å². The zero-order valence-electron chi connectivity index (χ0n) is 16.3. The Hall–Kier alpha value is -3.09. The van der Waals surface area contributed by atoms with Gasteiger partial charge in [0.05, 0.1) is 11.1 Å². The highest BCUT2D eigenvalue weighted by Gasteiger charge is 2.25. The van der Waals surface area contributed by atoms with Crippen LogP contribution in [0.25, 0.3) is 10.8 Å². The van der Waals surface area contributed by atoms with Crippen LogP contribution in [0.4, 0.5) is 5.95 Å². The Morgan fingerprint density at radius 2 is 1.93 bits per heavy atom. The van der Waals surface area contributed by atoms with Gasteiger partial charge in [-0.2, -0.15) is 5.10 Å². The maximum atomic E-state index is 12.9. The summed E-state index contributed by atoms with van der Waals surface area (Å²) >= 11 is 0. The van der Waals surface area contributed by atoms with E-state index < -0.39 is 0 Å². The van der Waals surface area contributed by atoms with E-state index in [0.29, 0.717) is 11.3 Å². The van der Waals surface area contributed by atoms with Crippen molar-refractivity contribution in [1.29, 1.82) is 0 Å². The number of hydrogen-bond donors (Lipinski definition) is 1. The second kappa shape index (κ2) is 7.14. The Kier molecular flexibility index (Phi) is 4.66. The van der Waals surface area contributed by atoms with Gasteiger partial charge in [-0.05, 0) is 54.9 Å². The SMILES string of the molecule is Cc1cnc(NC(=O)Cn2nc(C(C)C)c3cc(C4CC4)ccc3c2=O)nc1. The molecular weight excluding hydrogens is 354 g/mol. The number of aryl methyl sites for hydroxylation is 1. The van der Waals surface area contributed by atoms with E-state index in [-0.39, 0.29) is 29.9 Å². The molecule has 0 bridgehead atoms. The molecule has 1 N–H and O–H groups in total. The lowest BCUT2D eigenvalue weighted by atomic mass is 9.99. The first kappa shape index (κ1) is 18.3. The molecule has 0 atom stereocenters. The smallest absolute Gasteiger partial charge is 0.275 e. The minimum Gasteiger partial charge on any atom is -0.293 e. The molecule has 28 heavy (non-hydrogen) atoms. The number of carbonyl (C=O) groups is 1. The van der Waals surface area contributed by atoms with Gasteiger partial charge in [0.25, 0.3) is 5.56 Å². The largest absolute Gasteiger partial charge is 0.293 e. The highest BCUT2D eigenvalue weighted by molar-refractivity contribution is 5.89. The van der Waals surface area contributed by atoms with E-state index in [9.17, 15) is 9.59 Å². The molecule has 7 nitrogen and oxygen atoms in total. The molecular formula is C21H23N5O2. The van der Waals surface area contributed by atoms with Gasteiger partial charge in [0.2, 0.25) is 11.9 Å². The molecule has 144 valence electrons. The summed E-state index contributed by atoms with van der Waals surface area (Å²) in [5, 5.41) is 8.62. The second-order valence-electron chi connectivity index (χ2n) is 7.71. The number of hydrogen-bond acceptors (Lipinski definition) is 5. The Balaban J connectivity index is 1.67. The Bertz CT molecular complexity index is 1100. The summed E-state index contributed by atoms with van der Waals surface area (Å²) in [5.74, 6) is 0.559. The first-order valence-corrected chi connectivity index (χ1v) is 9.55. The predicted octanol–water partition coefficient (Wildman–Crippen LogP) is 3.13. The third-order valence-electron chi connectivity index (χ3n) is 4.93. The van der Waals surface area contributed by atoms with Crippen molar-refractivity contribution in [3.63, 3.8) is 0 Å². The van der Waals surface area contributed by atoms with Crippen molar-refractivity contribution in [2.45, 2.75) is 52.0 Å². The molecule has 7 heteroatoms. The quantitative estimate of drug-likeness (QED) is 0.738. The summed E-state index contributed by atoms with van der Waals surface area (Å²) in [5.41, 5.74) is 2.73. The normalized spacial score (nSPS) is 13.9. The van der Waals surface area contributed by atoms with Crippen molar-refractivity contribution in [1.82, 2.24) is 19.7 Å². The fourth-order valence-corrected chi connectivity index (χ4v) is 3.29. The first-order valence-electron chi connectivity index (χ1n) is 9.55. The van der Waals surface area contributed by atoms with Crippen LogP contribution in [0, 0.1) is 6.92 Å². The van der Waals surface area contributed by atoms with Crippen LogP contribution in [0.2, 0.25) is 0 Å². The zero-order valence-corrected chi connectivity index (χ0v) is 16.3. The molecule has 1 amide bonds. The van der Waals surface area contributed by atoms with Gasteiger partial charge in [0, 0.05) is 17.8 Å². The van der Waals surface area contributed by atoms with Gasteiger partial charge in [-0.1, -0.05) is 19.9 Å². The van der Waals surface area contributed by atoms with Crippen LogP contribution in [0.1, 0.15) is 55.3 Å².